The Bertz CT molecular complexity index is 1300. The van der Waals surface area contributed by atoms with E-state index in [4.69, 9.17) is 0 Å². The lowest BCUT2D eigenvalue weighted by atomic mass is 9.94. The number of hydrogen-bond donors (Lipinski definition) is 1. The van der Waals surface area contributed by atoms with Crippen LogP contribution in [0.1, 0.15) is 52.5 Å². The van der Waals surface area contributed by atoms with Crippen LogP contribution >= 0.6 is 0 Å². The molecule has 7 heteroatoms. The second kappa shape index (κ2) is 8.74. The number of nitrogens with one attached hydrogen (secondary N) is 1. The summed E-state index contributed by atoms with van der Waals surface area (Å²) in [5, 5.41) is 4.46. The highest BCUT2D eigenvalue weighted by molar-refractivity contribution is 6.25. The highest BCUT2D eigenvalue weighted by Gasteiger charge is 2.32. The Labute approximate surface area is 197 Å². The molecule has 34 heavy (non-hydrogen) atoms. The molecule has 2 heterocycles. The minimum Gasteiger partial charge on any atom is -0.326 e. The second-order valence-corrected chi connectivity index (χ2v) is 8.74. The molecule has 0 fully saturated rings. The molecule has 0 saturated carbocycles. The third-order valence-corrected chi connectivity index (χ3v) is 6.50. The van der Waals surface area contributed by atoms with Crippen molar-refractivity contribution in [2.75, 3.05) is 23.3 Å². The van der Waals surface area contributed by atoms with E-state index in [1.165, 1.54) is 4.90 Å². The number of imide groups is 1. The third-order valence-electron chi connectivity index (χ3n) is 6.50. The van der Waals surface area contributed by atoms with Crippen LogP contribution in [0.4, 0.5) is 11.4 Å². The number of hydrogen-bond acceptors (Lipinski definition) is 4. The van der Waals surface area contributed by atoms with Gasteiger partial charge in [-0.15, -0.1) is 0 Å². The number of amides is 4. The molecule has 3 aromatic carbocycles. The van der Waals surface area contributed by atoms with E-state index in [0.29, 0.717) is 35.2 Å². The van der Waals surface area contributed by atoms with Gasteiger partial charge >= 0.3 is 0 Å². The summed E-state index contributed by atoms with van der Waals surface area (Å²) in [6, 6.07) is 16.5. The Balaban J connectivity index is 1.22. The predicted molar refractivity (Wildman–Crippen MR) is 130 cm³/mol. The molecule has 0 atom stereocenters. The van der Waals surface area contributed by atoms with Gasteiger partial charge in [-0.2, -0.15) is 0 Å². The molecular weight excluding hydrogens is 430 g/mol. The molecule has 172 valence electrons. The van der Waals surface area contributed by atoms with Gasteiger partial charge in [0.25, 0.3) is 11.8 Å². The first kappa shape index (κ1) is 21.8. The first-order chi connectivity index (χ1) is 16.4. The van der Waals surface area contributed by atoms with E-state index in [1.54, 1.807) is 30.0 Å². The quantitative estimate of drug-likeness (QED) is 0.586. The maximum Gasteiger partial charge on any atom is 0.261 e. The van der Waals surface area contributed by atoms with Gasteiger partial charge in [-0.3, -0.25) is 24.1 Å². The maximum absolute atomic E-state index is 13.0. The van der Waals surface area contributed by atoms with Crippen molar-refractivity contribution in [2.45, 2.75) is 32.6 Å². The molecule has 0 bridgehead atoms. The fourth-order valence-electron chi connectivity index (χ4n) is 4.91. The second-order valence-electron chi connectivity index (χ2n) is 8.74. The zero-order valence-corrected chi connectivity index (χ0v) is 19.0. The summed E-state index contributed by atoms with van der Waals surface area (Å²) < 4.78 is 0. The van der Waals surface area contributed by atoms with Crippen LogP contribution in [-0.2, 0) is 16.0 Å². The number of carbonyl (C=O) groups is 4. The summed E-state index contributed by atoms with van der Waals surface area (Å²) in [4.78, 5) is 53.3. The van der Waals surface area contributed by atoms with E-state index in [9.17, 15) is 19.2 Å². The molecule has 0 spiro atoms. The van der Waals surface area contributed by atoms with E-state index in [0.717, 1.165) is 29.5 Å². The van der Waals surface area contributed by atoms with Crippen molar-refractivity contribution in [1.29, 1.82) is 0 Å². The van der Waals surface area contributed by atoms with Gasteiger partial charge in [0.2, 0.25) is 11.8 Å². The van der Waals surface area contributed by atoms with E-state index >= 15 is 0 Å². The number of rotatable bonds is 5. The highest BCUT2D eigenvalue weighted by atomic mass is 16.2. The molecule has 3 aromatic rings. The Morgan fingerprint density at radius 3 is 2.35 bits per heavy atom. The Hall–Kier alpha value is -4.00. The third kappa shape index (κ3) is 3.83. The number of benzene rings is 3. The fourth-order valence-corrected chi connectivity index (χ4v) is 4.91. The molecule has 0 saturated heterocycles. The van der Waals surface area contributed by atoms with Crippen molar-refractivity contribution in [2.24, 2.45) is 0 Å². The minimum atomic E-state index is -0.320. The van der Waals surface area contributed by atoms with Crippen LogP contribution in [0.15, 0.2) is 54.6 Å². The van der Waals surface area contributed by atoms with Gasteiger partial charge in [-0.05, 0) is 60.5 Å². The molecule has 1 N–H and O–H groups in total. The summed E-state index contributed by atoms with van der Waals surface area (Å²) >= 11 is 0. The van der Waals surface area contributed by atoms with E-state index < -0.39 is 0 Å². The molecule has 0 unspecified atom stereocenters. The van der Waals surface area contributed by atoms with Crippen LogP contribution in [-0.4, -0.2) is 41.6 Å². The molecule has 0 radical (unpaired) electrons. The number of anilines is 2. The molecule has 0 aliphatic carbocycles. The van der Waals surface area contributed by atoms with Crippen molar-refractivity contribution < 1.29 is 19.2 Å². The first-order valence-electron chi connectivity index (χ1n) is 11.5. The van der Waals surface area contributed by atoms with E-state index in [1.807, 2.05) is 36.4 Å². The maximum atomic E-state index is 13.0. The average Bonchev–Trinajstić information content (AvgIpc) is 2.83. The number of fused-ring (bicyclic) bond motifs is 1. The highest BCUT2D eigenvalue weighted by Crippen LogP contribution is 2.31. The van der Waals surface area contributed by atoms with Gasteiger partial charge in [0, 0.05) is 54.3 Å². The zero-order chi connectivity index (χ0) is 23.8. The normalized spacial score (nSPS) is 14.9. The molecule has 2 aliphatic rings. The van der Waals surface area contributed by atoms with Crippen LogP contribution in [0.25, 0.3) is 10.8 Å². The van der Waals surface area contributed by atoms with Gasteiger partial charge in [0.1, 0.15) is 0 Å². The van der Waals surface area contributed by atoms with Crippen LogP contribution in [0.2, 0.25) is 0 Å². The monoisotopic (exact) mass is 455 g/mol. The van der Waals surface area contributed by atoms with Crippen LogP contribution in [0.5, 0.6) is 0 Å². The lowest BCUT2D eigenvalue weighted by Crippen LogP contribution is -2.41. The van der Waals surface area contributed by atoms with Crippen molar-refractivity contribution in [3.05, 3.63) is 71.3 Å². The molecule has 2 aliphatic heterocycles. The number of aryl methyl sites for hydroxylation is 1. The molecule has 7 nitrogen and oxygen atoms in total. The standard InChI is InChI=1S/C27H25N3O4/c1-17(31)29-14-4-8-19-16-20(12-13-23(19)29)28-24(32)11-5-15-30-26(33)21-9-2-6-18-7-3-10-22(25(18)21)27(30)34/h2-3,6-7,9-10,12-13,16H,4-5,8,11,14-15H2,1H3,(H,28,32). The minimum absolute atomic E-state index is 0.0124. The largest absolute Gasteiger partial charge is 0.326 e. The van der Waals surface area contributed by atoms with E-state index in [-0.39, 0.29) is 36.6 Å². The summed E-state index contributed by atoms with van der Waals surface area (Å²) in [6.45, 7) is 2.44. The van der Waals surface area contributed by atoms with Crippen LogP contribution in [0, 0.1) is 0 Å². The first-order valence-corrected chi connectivity index (χ1v) is 11.5. The molecular formula is C27H25N3O4. The SMILES string of the molecule is CC(=O)N1CCCc2cc(NC(=O)CCCN3C(=O)c4cccc5cccc(c45)C3=O)ccc21. The van der Waals surface area contributed by atoms with Crippen molar-refractivity contribution >= 4 is 45.8 Å². The summed E-state index contributed by atoms with van der Waals surface area (Å²) in [5.41, 5.74) is 3.65. The van der Waals surface area contributed by atoms with Gasteiger partial charge in [-0.25, -0.2) is 0 Å². The fraction of sp³-hybridized carbons (Fsp3) is 0.259. The van der Waals surface area contributed by atoms with Gasteiger partial charge in [0.15, 0.2) is 0 Å². The Morgan fingerprint density at radius 1 is 0.971 bits per heavy atom. The average molecular weight is 456 g/mol. The number of carbonyl (C=O) groups excluding carboxylic acids is 4. The molecule has 4 amide bonds. The Kier molecular flexibility index (Phi) is 5.61. The summed E-state index contributed by atoms with van der Waals surface area (Å²) in [6.07, 6.45) is 2.29. The summed E-state index contributed by atoms with van der Waals surface area (Å²) in [7, 11) is 0. The van der Waals surface area contributed by atoms with Crippen molar-refractivity contribution in [3.8, 4) is 0 Å². The van der Waals surface area contributed by atoms with E-state index in [2.05, 4.69) is 5.32 Å². The molecule has 5 rings (SSSR count). The number of nitrogens with zero attached hydrogens (tertiary/aromatic N) is 2. The lowest BCUT2D eigenvalue weighted by Gasteiger charge is -2.29. The van der Waals surface area contributed by atoms with Gasteiger partial charge in [0.05, 0.1) is 0 Å². The lowest BCUT2D eigenvalue weighted by molar-refractivity contribution is -0.117. The zero-order valence-electron chi connectivity index (χ0n) is 19.0. The Morgan fingerprint density at radius 2 is 1.68 bits per heavy atom. The smallest absolute Gasteiger partial charge is 0.261 e. The van der Waals surface area contributed by atoms with Crippen LogP contribution in [0.3, 0.4) is 0 Å². The van der Waals surface area contributed by atoms with Crippen molar-refractivity contribution in [3.63, 3.8) is 0 Å². The van der Waals surface area contributed by atoms with Crippen molar-refractivity contribution in [1.82, 2.24) is 4.90 Å². The molecule has 0 aromatic heterocycles. The van der Waals surface area contributed by atoms with Gasteiger partial charge < -0.3 is 10.2 Å². The topological polar surface area (TPSA) is 86.8 Å². The summed E-state index contributed by atoms with van der Waals surface area (Å²) in [5.74, 6) is -0.809. The van der Waals surface area contributed by atoms with Crippen LogP contribution < -0.4 is 10.2 Å². The predicted octanol–water partition coefficient (Wildman–Crippen LogP) is 4.15. The van der Waals surface area contributed by atoms with Gasteiger partial charge in [-0.1, -0.05) is 24.3 Å².